The van der Waals surface area contributed by atoms with Crippen molar-refractivity contribution >= 4 is 17.0 Å². The van der Waals surface area contributed by atoms with Crippen molar-refractivity contribution in [3.8, 4) is 0 Å². The summed E-state index contributed by atoms with van der Waals surface area (Å²) in [7, 11) is -4.94. The Bertz CT molecular complexity index is 414. The van der Waals surface area contributed by atoms with Crippen molar-refractivity contribution in [2.75, 3.05) is 6.54 Å². The quantitative estimate of drug-likeness (QED) is 0.502. The topological polar surface area (TPSA) is 95.2 Å². The molecule has 0 bridgehead atoms. The van der Waals surface area contributed by atoms with Crippen LogP contribution in [-0.2, 0) is 13.0 Å². The van der Waals surface area contributed by atoms with Crippen LogP contribution in [0.4, 0.5) is 0 Å². The highest BCUT2D eigenvalue weighted by Crippen LogP contribution is 2.25. The average molecular weight is 292 g/mol. The molecular weight excluding hydrogens is 278 g/mol. The molecule has 0 radical (unpaired) electrons. The minimum absolute atomic E-state index is 1.19. The van der Waals surface area contributed by atoms with Crippen LogP contribution in [0.5, 0.6) is 0 Å². The summed E-state index contributed by atoms with van der Waals surface area (Å²) in [6.45, 7) is 2.48. The van der Waals surface area contributed by atoms with Crippen LogP contribution in [0.3, 0.4) is 0 Å². The van der Waals surface area contributed by atoms with Crippen molar-refractivity contribution in [2.24, 2.45) is 0 Å². The maximum atomic E-state index is 8.49. The fraction of sp³-hybridized carbons (Fsp3) is 0.545. The molecule has 100 valence electrons. The van der Waals surface area contributed by atoms with Crippen LogP contribution in [0, 0.1) is 10.2 Å². The van der Waals surface area contributed by atoms with Crippen molar-refractivity contribution in [3.63, 3.8) is 0 Å². The molecule has 1 aromatic rings. The monoisotopic (exact) mass is 291 g/mol. The molecule has 2 aliphatic heterocycles. The zero-order valence-corrected chi connectivity index (χ0v) is 11.3. The fourth-order valence-corrected chi connectivity index (χ4v) is 3.32. The lowest BCUT2D eigenvalue weighted by Gasteiger charge is -2.19. The van der Waals surface area contributed by atoms with E-state index in [0.29, 0.717) is 0 Å². The highest BCUT2D eigenvalue weighted by atomic mass is 35.7. The van der Waals surface area contributed by atoms with Crippen molar-refractivity contribution in [1.82, 2.24) is 0 Å². The third-order valence-electron chi connectivity index (χ3n) is 3.15. The molecule has 7 heteroatoms. The highest BCUT2D eigenvalue weighted by Gasteiger charge is 2.27. The van der Waals surface area contributed by atoms with Gasteiger partial charge in [-0.3, -0.25) is 0 Å². The Morgan fingerprint density at radius 2 is 1.89 bits per heavy atom. The summed E-state index contributed by atoms with van der Waals surface area (Å²) in [6.07, 6.45) is 5.39. The van der Waals surface area contributed by atoms with Crippen LogP contribution in [-0.4, -0.2) is 16.8 Å². The van der Waals surface area contributed by atoms with Crippen LogP contribution in [0.15, 0.2) is 11.4 Å². The van der Waals surface area contributed by atoms with Crippen molar-refractivity contribution in [3.05, 3.63) is 21.9 Å². The Morgan fingerprint density at radius 1 is 1.17 bits per heavy atom. The lowest BCUT2D eigenvalue weighted by atomic mass is 9.99. The summed E-state index contributed by atoms with van der Waals surface area (Å²) in [4.78, 5) is 1.62. The summed E-state index contributed by atoms with van der Waals surface area (Å²) in [5.74, 6) is 0. The van der Waals surface area contributed by atoms with Crippen LogP contribution < -0.4 is 18.6 Å². The smallest absolute Gasteiger partial charge is 0.169 e. The minimum Gasteiger partial charge on any atom is -0.232 e. The Kier molecular flexibility index (Phi) is 4.37. The maximum absolute atomic E-state index is 8.49. The Morgan fingerprint density at radius 3 is 2.61 bits per heavy atom. The largest absolute Gasteiger partial charge is 0.232 e. The molecule has 1 aromatic heterocycles. The second kappa shape index (κ2) is 5.64. The van der Waals surface area contributed by atoms with Gasteiger partial charge in [0, 0.05) is 23.3 Å². The SMILES string of the molecule is [O-][Cl+3]([O-])([O-])[O-].c1cc2c(s1)CC1=[N+](CCCC1)C2. The first kappa shape index (κ1) is 13.9. The number of rotatable bonds is 0. The number of fused-ring (bicyclic) bond motifs is 1. The number of nitrogens with zero attached hydrogens (tertiary/aromatic N) is 1. The van der Waals surface area contributed by atoms with Gasteiger partial charge in [0.25, 0.3) is 0 Å². The number of hydrogen-bond donors (Lipinski definition) is 0. The first-order valence-electron chi connectivity index (χ1n) is 5.70. The minimum atomic E-state index is -4.94. The summed E-state index contributed by atoms with van der Waals surface area (Å²) < 4.78 is 36.6. The lowest BCUT2D eigenvalue weighted by molar-refractivity contribution is -2.00. The molecule has 0 N–H and O–H groups in total. The molecule has 0 saturated carbocycles. The third-order valence-corrected chi connectivity index (χ3v) is 4.12. The van der Waals surface area contributed by atoms with Crippen LogP contribution in [0.2, 0.25) is 0 Å². The van der Waals surface area contributed by atoms with Gasteiger partial charge in [-0.1, -0.05) is 0 Å². The number of halogens is 1. The van der Waals surface area contributed by atoms with Crippen LogP contribution in [0.1, 0.15) is 29.7 Å². The summed E-state index contributed by atoms with van der Waals surface area (Å²) in [5.41, 5.74) is 3.27. The Hall–Kier alpha value is -0.500. The standard InChI is InChI=1S/C11H14NS.ClHO4/c1-2-5-12-8-9-4-6-13-11(9)7-10(12)3-1;2-1(3,4)5/h4,6H,1-3,5,7-8H2;(H,2,3,4,5)/q+1;/p-1. The molecule has 0 amide bonds. The van der Waals surface area contributed by atoms with Gasteiger partial charge in [0.2, 0.25) is 0 Å². The first-order chi connectivity index (χ1) is 8.43. The van der Waals surface area contributed by atoms with E-state index in [9.17, 15) is 0 Å². The van der Waals surface area contributed by atoms with Gasteiger partial charge in [0.15, 0.2) is 12.3 Å². The van der Waals surface area contributed by atoms with E-state index in [0.717, 1.165) is 0 Å². The molecule has 0 unspecified atom stereocenters. The number of thiophene rings is 1. The first-order valence-corrected chi connectivity index (χ1v) is 7.81. The van der Waals surface area contributed by atoms with E-state index in [4.69, 9.17) is 18.6 Å². The van der Waals surface area contributed by atoms with Gasteiger partial charge in [0.05, 0.1) is 6.42 Å². The van der Waals surface area contributed by atoms with E-state index in [-0.39, 0.29) is 0 Å². The molecule has 0 atom stereocenters. The molecule has 2 aliphatic rings. The molecule has 0 spiro atoms. The average Bonchev–Trinajstić information content (AvgIpc) is 2.70. The fourth-order valence-electron chi connectivity index (χ4n) is 2.39. The Labute approximate surface area is 111 Å². The normalized spacial score (nSPS) is 18.7. The van der Waals surface area contributed by atoms with E-state index >= 15 is 0 Å². The van der Waals surface area contributed by atoms with Crippen molar-refractivity contribution in [1.29, 1.82) is 0 Å². The van der Waals surface area contributed by atoms with Gasteiger partial charge in [-0.25, -0.2) is 23.2 Å². The number of hydrogen-bond acceptors (Lipinski definition) is 5. The molecular formula is C11H14ClNO4S. The van der Waals surface area contributed by atoms with E-state index in [2.05, 4.69) is 16.0 Å². The van der Waals surface area contributed by atoms with Crippen LogP contribution >= 0.6 is 11.3 Å². The lowest BCUT2D eigenvalue weighted by Crippen LogP contribution is -2.68. The molecule has 0 aliphatic carbocycles. The van der Waals surface area contributed by atoms with Gasteiger partial charge < -0.3 is 0 Å². The second-order valence-electron chi connectivity index (χ2n) is 4.37. The van der Waals surface area contributed by atoms with Crippen LogP contribution in [0.25, 0.3) is 0 Å². The van der Waals surface area contributed by atoms with Gasteiger partial charge >= 0.3 is 0 Å². The molecule has 18 heavy (non-hydrogen) atoms. The third kappa shape index (κ3) is 4.01. The molecule has 3 heterocycles. The summed E-state index contributed by atoms with van der Waals surface area (Å²) in [6, 6.07) is 2.30. The highest BCUT2D eigenvalue weighted by molar-refractivity contribution is 7.10. The van der Waals surface area contributed by atoms with Crippen molar-refractivity contribution in [2.45, 2.75) is 32.2 Å². The zero-order valence-electron chi connectivity index (χ0n) is 9.76. The van der Waals surface area contributed by atoms with E-state index in [1.165, 1.54) is 38.8 Å². The zero-order chi connectivity index (χ0) is 13.2. The van der Waals surface area contributed by atoms with Gasteiger partial charge in [-0.15, -0.1) is 21.6 Å². The van der Waals surface area contributed by atoms with E-state index in [1.54, 1.807) is 16.2 Å². The van der Waals surface area contributed by atoms with E-state index < -0.39 is 10.2 Å². The molecule has 5 nitrogen and oxygen atoms in total. The molecule has 0 fully saturated rings. The summed E-state index contributed by atoms with van der Waals surface area (Å²) >= 11 is 1.93. The molecule has 0 aromatic carbocycles. The summed E-state index contributed by atoms with van der Waals surface area (Å²) in [5, 5.41) is 2.24. The second-order valence-corrected chi connectivity index (χ2v) is 6.13. The van der Waals surface area contributed by atoms with E-state index in [1.807, 2.05) is 11.3 Å². The predicted molar refractivity (Wildman–Crippen MR) is 55.7 cm³/mol. The molecule has 0 saturated heterocycles. The Balaban J connectivity index is 0.000000209. The van der Waals surface area contributed by atoms with Gasteiger partial charge in [-0.05, 0) is 17.9 Å². The van der Waals surface area contributed by atoms with Crippen molar-refractivity contribution < 1.29 is 33.5 Å². The van der Waals surface area contributed by atoms with Gasteiger partial charge in [-0.2, -0.15) is 0 Å². The molecule has 3 rings (SSSR count). The predicted octanol–water partition coefficient (Wildman–Crippen LogP) is -2.31. The maximum Gasteiger partial charge on any atom is 0.169 e. The van der Waals surface area contributed by atoms with Gasteiger partial charge in [0.1, 0.15) is 6.54 Å².